The second kappa shape index (κ2) is 7.24. The van der Waals surface area contributed by atoms with E-state index in [0.717, 1.165) is 32.4 Å². The Balaban J connectivity index is 1.92. The van der Waals surface area contributed by atoms with Gasteiger partial charge in [-0.3, -0.25) is 0 Å². The molecule has 140 valence electrons. The Kier molecular flexibility index (Phi) is 4.42. The lowest BCUT2D eigenvalue weighted by atomic mass is 10.1. The van der Waals surface area contributed by atoms with Crippen LogP contribution in [0.1, 0.15) is 0 Å². The lowest BCUT2D eigenvalue weighted by Gasteiger charge is -2.20. The highest BCUT2D eigenvalue weighted by atomic mass is 31.2. The topological polar surface area (TPSA) is 30.2 Å². The van der Waals surface area contributed by atoms with Gasteiger partial charge in [0.25, 0.3) is 0 Å². The minimum absolute atomic E-state index is 0.669. The van der Waals surface area contributed by atoms with Crippen LogP contribution < -0.4 is 15.9 Å². The molecule has 1 aromatic heterocycles. The van der Waals surface area contributed by atoms with Gasteiger partial charge in [0.05, 0.1) is 5.30 Å². The van der Waals surface area contributed by atoms with Gasteiger partial charge < -0.3 is 8.98 Å². The molecular formula is C26H19O2P. The van der Waals surface area contributed by atoms with E-state index in [1.54, 1.807) is 0 Å². The van der Waals surface area contributed by atoms with Gasteiger partial charge in [0, 0.05) is 21.6 Å². The van der Waals surface area contributed by atoms with Crippen LogP contribution in [0.25, 0.3) is 22.3 Å². The van der Waals surface area contributed by atoms with Crippen LogP contribution in [0.15, 0.2) is 120 Å². The van der Waals surface area contributed by atoms with E-state index in [2.05, 4.69) is 0 Å². The lowest BCUT2D eigenvalue weighted by Crippen LogP contribution is -2.25. The zero-order valence-corrected chi connectivity index (χ0v) is 16.6. The predicted molar refractivity (Wildman–Crippen MR) is 121 cm³/mol. The Hall–Kier alpha value is -3.35. The number of fused-ring (bicyclic) bond motifs is 1. The number of para-hydroxylation sites is 1. The molecule has 0 bridgehead atoms. The first-order valence-corrected chi connectivity index (χ1v) is 11.3. The third-order valence-electron chi connectivity index (χ3n) is 5.16. The van der Waals surface area contributed by atoms with Crippen LogP contribution in [0.4, 0.5) is 0 Å². The van der Waals surface area contributed by atoms with Crippen molar-refractivity contribution in [1.29, 1.82) is 0 Å². The van der Waals surface area contributed by atoms with E-state index in [-0.39, 0.29) is 0 Å². The first-order chi connectivity index (χ1) is 14.3. The molecule has 0 N–H and O–H groups in total. The third-order valence-corrected chi connectivity index (χ3v) is 8.28. The standard InChI is InChI=1S/C26H19O2P/c27-29(21-14-6-2-7-15-21,22-16-8-3-9-17-22)26-23-18-10-11-19-24(23)28-25(26)20-12-4-1-5-13-20/h1-19H. The predicted octanol–water partition coefficient (Wildman–Crippen LogP) is 5.74. The maximum absolute atomic E-state index is 15.0. The van der Waals surface area contributed by atoms with Crippen LogP contribution in [0.3, 0.4) is 0 Å². The molecule has 1 heterocycles. The summed E-state index contributed by atoms with van der Waals surface area (Å²) in [5, 5.41) is 3.25. The van der Waals surface area contributed by atoms with Gasteiger partial charge in [0.1, 0.15) is 11.3 Å². The number of rotatable bonds is 4. The lowest BCUT2D eigenvalue weighted by molar-refractivity contribution is 0.591. The number of hydrogen-bond donors (Lipinski definition) is 0. The van der Waals surface area contributed by atoms with Crippen molar-refractivity contribution >= 4 is 34.0 Å². The van der Waals surface area contributed by atoms with Gasteiger partial charge in [-0.1, -0.05) is 109 Å². The fourth-order valence-corrected chi connectivity index (χ4v) is 6.80. The maximum Gasteiger partial charge on any atom is 0.175 e. The molecule has 0 atom stereocenters. The van der Waals surface area contributed by atoms with Crippen molar-refractivity contribution < 1.29 is 8.98 Å². The van der Waals surface area contributed by atoms with Gasteiger partial charge in [0.2, 0.25) is 0 Å². The SMILES string of the molecule is O=P(c1ccccc1)(c1ccccc1)c1c(-c2ccccc2)oc2ccccc12. The van der Waals surface area contributed by atoms with Crippen molar-refractivity contribution in [3.05, 3.63) is 115 Å². The van der Waals surface area contributed by atoms with Gasteiger partial charge in [-0.2, -0.15) is 0 Å². The van der Waals surface area contributed by atoms with Crippen molar-refractivity contribution in [1.82, 2.24) is 0 Å². The molecule has 5 rings (SSSR count). The summed E-state index contributed by atoms with van der Waals surface area (Å²) in [5.41, 5.74) is 1.67. The van der Waals surface area contributed by atoms with Gasteiger partial charge in [-0.05, 0) is 6.07 Å². The first-order valence-electron chi connectivity index (χ1n) is 9.57. The number of furan rings is 1. The quantitative estimate of drug-likeness (QED) is 0.364. The van der Waals surface area contributed by atoms with E-state index in [4.69, 9.17) is 4.42 Å². The normalized spacial score (nSPS) is 11.6. The van der Waals surface area contributed by atoms with Gasteiger partial charge in [-0.25, -0.2) is 0 Å². The zero-order chi connectivity index (χ0) is 19.7. The number of benzene rings is 4. The summed E-state index contributed by atoms with van der Waals surface area (Å²) >= 11 is 0. The fourth-order valence-electron chi connectivity index (χ4n) is 3.81. The van der Waals surface area contributed by atoms with Crippen LogP contribution in [0.2, 0.25) is 0 Å². The average Bonchev–Trinajstić information content (AvgIpc) is 3.20. The Bertz CT molecular complexity index is 1260. The average molecular weight is 394 g/mol. The molecule has 0 fully saturated rings. The van der Waals surface area contributed by atoms with E-state index in [0.29, 0.717) is 5.76 Å². The Morgan fingerprint density at radius 1 is 0.552 bits per heavy atom. The molecule has 29 heavy (non-hydrogen) atoms. The molecule has 3 heteroatoms. The van der Waals surface area contributed by atoms with Crippen molar-refractivity contribution in [3.63, 3.8) is 0 Å². The Labute approximate surface area is 169 Å². The molecule has 0 aliphatic heterocycles. The van der Waals surface area contributed by atoms with Crippen LogP contribution in [-0.2, 0) is 4.57 Å². The van der Waals surface area contributed by atoms with E-state index in [1.807, 2.05) is 115 Å². The van der Waals surface area contributed by atoms with E-state index in [1.165, 1.54) is 0 Å². The minimum Gasteiger partial charge on any atom is -0.455 e. The van der Waals surface area contributed by atoms with Crippen molar-refractivity contribution in [2.24, 2.45) is 0 Å². The molecule has 0 amide bonds. The smallest absolute Gasteiger partial charge is 0.175 e. The largest absolute Gasteiger partial charge is 0.455 e. The van der Waals surface area contributed by atoms with Crippen LogP contribution in [0, 0.1) is 0 Å². The van der Waals surface area contributed by atoms with Crippen molar-refractivity contribution in [2.75, 3.05) is 0 Å². The first kappa shape index (κ1) is 17.7. The summed E-state index contributed by atoms with van der Waals surface area (Å²) in [6, 6.07) is 37.2. The molecule has 0 aliphatic rings. The van der Waals surface area contributed by atoms with E-state index >= 15 is 4.57 Å². The summed E-state index contributed by atoms with van der Waals surface area (Å²) in [4.78, 5) is 0. The van der Waals surface area contributed by atoms with Gasteiger partial charge in [-0.15, -0.1) is 0 Å². The molecule has 0 unspecified atom stereocenters. The molecule has 4 aromatic carbocycles. The Morgan fingerprint density at radius 3 is 1.62 bits per heavy atom. The molecule has 0 saturated heterocycles. The van der Waals surface area contributed by atoms with Gasteiger partial charge in [0.15, 0.2) is 7.14 Å². The summed E-state index contributed by atoms with van der Waals surface area (Å²) in [5.74, 6) is 0.669. The number of hydrogen-bond acceptors (Lipinski definition) is 2. The zero-order valence-electron chi connectivity index (χ0n) is 15.7. The van der Waals surface area contributed by atoms with Gasteiger partial charge >= 0.3 is 0 Å². The highest BCUT2D eigenvalue weighted by molar-refractivity contribution is 7.86. The molecule has 0 radical (unpaired) electrons. The fraction of sp³-hybridized carbons (Fsp3) is 0. The van der Waals surface area contributed by atoms with Crippen molar-refractivity contribution in [3.8, 4) is 11.3 Å². The van der Waals surface area contributed by atoms with Crippen molar-refractivity contribution in [2.45, 2.75) is 0 Å². The van der Waals surface area contributed by atoms with Crippen LogP contribution >= 0.6 is 7.14 Å². The molecule has 0 aliphatic carbocycles. The van der Waals surface area contributed by atoms with E-state index < -0.39 is 7.14 Å². The molecule has 2 nitrogen and oxygen atoms in total. The highest BCUT2D eigenvalue weighted by Crippen LogP contribution is 2.48. The van der Waals surface area contributed by atoms with Crippen LogP contribution in [-0.4, -0.2) is 0 Å². The summed E-state index contributed by atoms with van der Waals surface area (Å²) in [7, 11) is -3.17. The summed E-state index contributed by atoms with van der Waals surface area (Å²) in [6.07, 6.45) is 0. The summed E-state index contributed by atoms with van der Waals surface area (Å²) in [6.45, 7) is 0. The molecule has 0 spiro atoms. The second-order valence-corrected chi connectivity index (χ2v) is 9.62. The third kappa shape index (κ3) is 2.93. The molecule has 0 saturated carbocycles. The summed E-state index contributed by atoms with van der Waals surface area (Å²) < 4.78 is 21.3. The molecular weight excluding hydrogens is 375 g/mol. The van der Waals surface area contributed by atoms with E-state index in [9.17, 15) is 0 Å². The highest BCUT2D eigenvalue weighted by Gasteiger charge is 2.36. The second-order valence-electron chi connectivity index (χ2n) is 6.92. The maximum atomic E-state index is 15.0. The minimum atomic E-state index is -3.17. The van der Waals surface area contributed by atoms with Crippen LogP contribution in [0.5, 0.6) is 0 Å². The Morgan fingerprint density at radius 2 is 1.03 bits per heavy atom. The molecule has 5 aromatic rings. The monoisotopic (exact) mass is 394 g/mol.